The highest BCUT2D eigenvalue weighted by atomic mass is 19.1. The summed E-state index contributed by atoms with van der Waals surface area (Å²) in [6.45, 7) is 3.76. The molecule has 1 N–H and O–H groups in total. The normalized spacial score (nSPS) is 24.1. The van der Waals surface area contributed by atoms with Crippen LogP contribution in [0.1, 0.15) is 38.2 Å². The van der Waals surface area contributed by atoms with Gasteiger partial charge in [-0.25, -0.2) is 4.39 Å². The molecule has 0 bridgehead atoms. The second-order valence-electron chi connectivity index (χ2n) is 5.01. The van der Waals surface area contributed by atoms with E-state index < -0.39 is 0 Å². The monoisotopic (exact) mass is 251 g/mol. The summed E-state index contributed by atoms with van der Waals surface area (Å²) in [5.41, 5.74) is 1.01. The Balaban J connectivity index is 1.79. The van der Waals surface area contributed by atoms with E-state index in [0.29, 0.717) is 12.1 Å². The molecule has 0 radical (unpaired) electrons. The van der Waals surface area contributed by atoms with Crippen molar-refractivity contribution in [2.75, 3.05) is 6.61 Å². The maximum Gasteiger partial charge on any atom is 0.123 e. The Morgan fingerprint density at radius 1 is 1.44 bits per heavy atom. The first-order valence-corrected chi connectivity index (χ1v) is 6.87. The van der Waals surface area contributed by atoms with Crippen molar-refractivity contribution >= 4 is 0 Å². The summed E-state index contributed by atoms with van der Waals surface area (Å²) >= 11 is 0. The van der Waals surface area contributed by atoms with Gasteiger partial charge in [-0.05, 0) is 37.0 Å². The lowest BCUT2D eigenvalue weighted by atomic mass is 10.00. The first-order valence-electron chi connectivity index (χ1n) is 6.87. The van der Waals surface area contributed by atoms with Crippen molar-refractivity contribution in [2.45, 2.75) is 51.3 Å². The zero-order valence-electron chi connectivity index (χ0n) is 11.0. The predicted molar refractivity (Wildman–Crippen MR) is 70.9 cm³/mol. The van der Waals surface area contributed by atoms with Crippen molar-refractivity contribution in [3.63, 3.8) is 0 Å². The van der Waals surface area contributed by atoms with Crippen molar-refractivity contribution in [3.05, 3.63) is 35.6 Å². The average Bonchev–Trinajstić information content (AvgIpc) is 2.37. The van der Waals surface area contributed by atoms with Crippen molar-refractivity contribution < 1.29 is 9.13 Å². The van der Waals surface area contributed by atoms with Gasteiger partial charge >= 0.3 is 0 Å². The standard InChI is InChI=1S/C15H22FNO/c1-2-4-15-10-14(7-8-18-15)17-11-12-5-3-6-13(16)9-12/h3,5-6,9,14-15,17H,2,4,7-8,10-11H2,1H3. The summed E-state index contributed by atoms with van der Waals surface area (Å²) in [4.78, 5) is 0. The van der Waals surface area contributed by atoms with E-state index in [1.54, 1.807) is 12.1 Å². The van der Waals surface area contributed by atoms with Crippen LogP contribution in [0.25, 0.3) is 0 Å². The lowest BCUT2D eigenvalue weighted by Gasteiger charge is -2.30. The number of hydrogen-bond donors (Lipinski definition) is 1. The van der Waals surface area contributed by atoms with Gasteiger partial charge in [0.1, 0.15) is 5.82 Å². The highest BCUT2D eigenvalue weighted by Gasteiger charge is 2.21. The van der Waals surface area contributed by atoms with Crippen molar-refractivity contribution in [1.82, 2.24) is 5.32 Å². The number of nitrogens with one attached hydrogen (secondary N) is 1. The van der Waals surface area contributed by atoms with E-state index in [9.17, 15) is 4.39 Å². The van der Waals surface area contributed by atoms with Crippen LogP contribution in [0.15, 0.2) is 24.3 Å². The maximum absolute atomic E-state index is 13.0. The Labute approximate surface area is 109 Å². The van der Waals surface area contributed by atoms with E-state index in [4.69, 9.17) is 4.74 Å². The summed E-state index contributed by atoms with van der Waals surface area (Å²) in [5, 5.41) is 3.51. The van der Waals surface area contributed by atoms with Crippen LogP contribution in [0.2, 0.25) is 0 Å². The van der Waals surface area contributed by atoms with Gasteiger partial charge in [0.15, 0.2) is 0 Å². The quantitative estimate of drug-likeness (QED) is 0.867. The summed E-state index contributed by atoms with van der Waals surface area (Å²) in [6.07, 6.45) is 4.83. The maximum atomic E-state index is 13.0. The van der Waals surface area contributed by atoms with Gasteiger partial charge in [0.25, 0.3) is 0 Å². The van der Waals surface area contributed by atoms with Crippen LogP contribution >= 0.6 is 0 Å². The number of halogens is 1. The highest BCUT2D eigenvalue weighted by molar-refractivity contribution is 5.16. The molecule has 1 fully saturated rings. The largest absolute Gasteiger partial charge is 0.378 e. The Bertz CT molecular complexity index is 367. The molecule has 1 aliphatic rings. The second-order valence-corrected chi connectivity index (χ2v) is 5.01. The molecule has 1 aromatic rings. The van der Waals surface area contributed by atoms with Crippen LogP contribution < -0.4 is 5.32 Å². The minimum Gasteiger partial charge on any atom is -0.378 e. The zero-order chi connectivity index (χ0) is 12.8. The van der Waals surface area contributed by atoms with E-state index in [1.165, 1.54) is 12.5 Å². The number of ether oxygens (including phenoxy) is 1. The first-order chi connectivity index (χ1) is 8.78. The van der Waals surface area contributed by atoms with Gasteiger partial charge in [0, 0.05) is 19.2 Å². The molecule has 0 aliphatic carbocycles. The first kappa shape index (κ1) is 13.5. The second kappa shape index (κ2) is 6.86. The van der Waals surface area contributed by atoms with Crippen LogP contribution in [0.4, 0.5) is 4.39 Å². The average molecular weight is 251 g/mol. The molecule has 1 heterocycles. The Kier molecular flexibility index (Phi) is 5.14. The molecule has 0 saturated carbocycles. The number of rotatable bonds is 5. The Morgan fingerprint density at radius 3 is 3.11 bits per heavy atom. The third kappa shape index (κ3) is 4.07. The fourth-order valence-corrected chi connectivity index (χ4v) is 2.50. The van der Waals surface area contributed by atoms with Gasteiger partial charge in [-0.1, -0.05) is 25.5 Å². The number of benzene rings is 1. The molecule has 100 valence electrons. The molecule has 2 nitrogen and oxygen atoms in total. The van der Waals surface area contributed by atoms with Crippen molar-refractivity contribution in [1.29, 1.82) is 0 Å². The molecule has 18 heavy (non-hydrogen) atoms. The summed E-state index contributed by atoms with van der Waals surface area (Å²) in [5.74, 6) is -0.162. The van der Waals surface area contributed by atoms with Crippen LogP contribution in [-0.2, 0) is 11.3 Å². The van der Waals surface area contributed by atoms with E-state index in [-0.39, 0.29) is 5.82 Å². The summed E-state index contributed by atoms with van der Waals surface area (Å²) in [7, 11) is 0. The molecule has 1 aliphatic heterocycles. The molecule has 3 heteroatoms. The fraction of sp³-hybridized carbons (Fsp3) is 0.600. The molecule has 0 spiro atoms. The molecule has 2 rings (SSSR count). The molecule has 0 aromatic heterocycles. The minimum atomic E-state index is -0.162. The van der Waals surface area contributed by atoms with E-state index in [0.717, 1.165) is 38.0 Å². The van der Waals surface area contributed by atoms with Crippen molar-refractivity contribution in [3.8, 4) is 0 Å². The Morgan fingerprint density at radius 2 is 2.33 bits per heavy atom. The van der Waals surface area contributed by atoms with Gasteiger partial charge in [-0.2, -0.15) is 0 Å². The molecule has 0 amide bonds. The Hall–Kier alpha value is -0.930. The highest BCUT2D eigenvalue weighted by Crippen LogP contribution is 2.18. The topological polar surface area (TPSA) is 21.3 Å². The smallest absolute Gasteiger partial charge is 0.123 e. The third-order valence-corrected chi connectivity index (χ3v) is 3.46. The van der Waals surface area contributed by atoms with E-state index in [1.807, 2.05) is 6.07 Å². The molecule has 1 aromatic carbocycles. The van der Waals surface area contributed by atoms with Gasteiger partial charge in [-0.15, -0.1) is 0 Å². The number of hydrogen-bond acceptors (Lipinski definition) is 2. The van der Waals surface area contributed by atoms with Gasteiger partial charge < -0.3 is 10.1 Å². The molecular weight excluding hydrogens is 229 g/mol. The zero-order valence-corrected chi connectivity index (χ0v) is 11.0. The SMILES string of the molecule is CCCC1CC(NCc2cccc(F)c2)CCO1. The van der Waals surface area contributed by atoms with E-state index >= 15 is 0 Å². The molecule has 2 unspecified atom stereocenters. The third-order valence-electron chi connectivity index (χ3n) is 3.46. The minimum absolute atomic E-state index is 0.162. The fourth-order valence-electron chi connectivity index (χ4n) is 2.50. The van der Waals surface area contributed by atoms with Crippen LogP contribution in [-0.4, -0.2) is 18.8 Å². The summed E-state index contributed by atoms with van der Waals surface area (Å²) < 4.78 is 18.8. The molecular formula is C15H22FNO. The lowest BCUT2D eigenvalue weighted by Crippen LogP contribution is -2.38. The van der Waals surface area contributed by atoms with E-state index in [2.05, 4.69) is 12.2 Å². The van der Waals surface area contributed by atoms with Crippen LogP contribution in [0.5, 0.6) is 0 Å². The van der Waals surface area contributed by atoms with Gasteiger partial charge in [0.05, 0.1) is 6.10 Å². The lowest BCUT2D eigenvalue weighted by molar-refractivity contribution is -0.00343. The van der Waals surface area contributed by atoms with Gasteiger partial charge in [-0.3, -0.25) is 0 Å². The van der Waals surface area contributed by atoms with Crippen molar-refractivity contribution in [2.24, 2.45) is 0 Å². The molecule has 1 saturated heterocycles. The summed E-state index contributed by atoms with van der Waals surface area (Å²) in [6, 6.07) is 7.29. The van der Waals surface area contributed by atoms with Crippen LogP contribution in [0, 0.1) is 5.82 Å². The van der Waals surface area contributed by atoms with Crippen LogP contribution in [0.3, 0.4) is 0 Å². The van der Waals surface area contributed by atoms with Gasteiger partial charge in [0.2, 0.25) is 0 Å². The predicted octanol–water partition coefficient (Wildman–Crippen LogP) is 3.26. The molecule has 2 atom stereocenters.